The van der Waals surface area contributed by atoms with E-state index in [0.717, 1.165) is 11.1 Å². The molecular weight excluding hydrogens is 418 g/mol. The summed E-state index contributed by atoms with van der Waals surface area (Å²) in [5.41, 5.74) is 1.07. The molecule has 186 valence electrons. The van der Waals surface area contributed by atoms with E-state index >= 15 is 0 Å². The Labute approximate surface area is 199 Å². The largest absolute Gasteiger partial charge is 0.444 e. The first-order chi connectivity index (χ1) is 15.2. The number of hydrogen-bond acceptors (Lipinski definition) is 4. The molecular formula is C26H43N3O4. The molecule has 1 rings (SSSR count). The molecule has 0 aromatic heterocycles. The van der Waals surface area contributed by atoms with Crippen LogP contribution in [0.5, 0.6) is 0 Å². The summed E-state index contributed by atoms with van der Waals surface area (Å²) in [6.07, 6.45) is 0.464. The second kappa shape index (κ2) is 12.6. The highest BCUT2D eigenvalue weighted by Gasteiger charge is 2.36. The van der Waals surface area contributed by atoms with Crippen molar-refractivity contribution in [2.45, 2.75) is 98.9 Å². The lowest BCUT2D eigenvalue weighted by Crippen LogP contribution is -2.54. The van der Waals surface area contributed by atoms with E-state index in [1.165, 1.54) is 0 Å². The second-order valence-corrected chi connectivity index (χ2v) is 10.3. The van der Waals surface area contributed by atoms with Crippen molar-refractivity contribution in [2.75, 3.05) is 6.54 Å². The maximum atomic E-state index is 13.8. The highest BCUT2D eigenvalue weighted by Crippen LogP contribution is 2.25. The normalized spacial score (nSPS) is 13.4. The lowest BCUT2D eigenvalue weighted by atomic mass is 9.98. The van der Waals surface area contributed by atoms with E-state index in [1.54, 1.807) is 25.7 Å². The SMILES string of the molecule is CCCN(C(=O)C(CC(C)C)NC(=O)OC(C)(C)C)C(C(=O)NC(C)C)c1cccc(C)c1. The predicted octanol–water partition coefficient (Wildman–Crippen LogP) is 4.74. The first-order valence-corrected chi connectivity index (χ1v) is 11.9. The van der Waals surface area contributed by atoms with Crippen molar-refractivity contribution < 1.29 is 19.1 Å². The zero-order valence-corrected chi connectivity index (χ0v) is 21.8. The summed E-state index contributed by atoms with van der Waals surface area (Å²) in [6.45, 7) is 17.4. The van der Waals surface area contributed by atoms with Crippen LogP contribution in [0.3, 0.4) is 0 Å². The third kappa shape index (κ3) is 9.84. The molecule has 0 saturated carbocycles. The summed E-state index contributed by atoms with van der Waals surface area (Å²) < 4.78 is 5.40. The van der Waals surface area contributed by atoms with Crippen LogP contribution in [0.25, 0.3) is 0 Å². The van der Waals surface area contributed by atoms with Crippen molar-refractivity contribution >= 4 is 17.9 Å². The Morgan fingerprint density at radius 3 is 2.18 bits per heavy atom. The minimum absolute atomic E-state index is 0.0743. The van der Waals surface area contributed by atoms with Gasteiger partial charge in [0.25, 0.3) is 0 Å². The summed E-state index contributed by atoms with van der Waals surface area (Å²) in [7, 11) is 0. The molecule has 0 spiro atoms. The number of aryl methyl sites for hydroxylation is 1. The molecule has 0 radical (unpaired) electrons. The van der Waals surface area contributed by atoms with Gasteiger partial charge in [-0.15, -0.1) is 0 Å². The Morgan fingerprint density at radius 1 is 1.06 bits per heavy atom. The molecule has 1 aromatic rings. The average molecular weight is 462 g/mol. The Balaban J connectivity index is 3.40. The van der Waals surface area contributed by atoms with Gasteiger partial charge in [0.05, 0.1) is 0 Å². The third-order valence-electron chi connectivity index (χ3n) is 4.79. The summed E-state index contributed by atoms with van der Waals surface area (Å²) in [5.74, 6) is -0.376. The van der Waals surface area contributed by atoms with E-state index in [9.17, 15) is 14.4 Å². The molecule has 0 fully saturated rings. The lowest BCUT2D eigenvalue weighted by Gasteiger charge is -2.35. The quantitative estimate of drug-likeness (QED) is 0.527. The van der Waals surface area contributed by atoms with E-state index in [-0.39, 0.29) is 23.8 Å². The monoisotopic (exact) mass is 461 g/mol. The summed E-state index contributed by atoms with van der Waals surface area (Å²) >= 11 is 0. The minimum atomic E-state index is -0.800. The second-order valence-electron chi connectivity index (χ2n) is 10.3. The highest BCUT2D eigenvalue weighted by molar-refractivity contribution is 5.92. The number of nitrogens with zero attached hydrogens (tertiary/aromatic N) is 1. The molecule has 2 unspecified atom stereocenters. The zero-order valence-electron chi connectivity index (χ0n) is 21.8. The van der Waals surface area contributed by atoms with Gasteiger partial charge in [-0.25, -0.2) is 4.79 Å². The fourth-order valence-electron chi connectivity index (χ4n) is 3.63. The predicted molar refractivity (Wildman–Crippen MR) is 132 cm³/mol. The van der Waals surface area contributed by atoms with Crippen LogP contribution in [0.2, 0.25) is 0 Å². The molecule has 0 aliphatic heterocycles. The van der Waals surface area contributed by atoms with Gasteiger partial charge in [-0.3, -0.25) is 9.59 Å². The van der Waals surface area contributed by atoms with Gasteiger partial charge in [-0.2, -0.15) is 0 Å². The molecule has 1 aromatic carbocycles. The van der Waals surface area contributed by atoms with Gasteiger partial charge in [-0.05, 0) is 65.9 Å². The summed E-state index contributed by atoms with van der Waals surface area (Å²) in [4.78, 5) is 41.3. The maximum absolute atomic E-state index is 13.8. The molecule has 0 aliphatic rings. The number of nitrogens with one attached hydrogen (secondary N) is 2. The first kappa shape index (κ1) is 28.5. The van der Waals surface area contributed by atoms with Crippen LogP contribution < -0.4 is 10.6 Å². The number of carbonyl (C=O) groups is 3. The highest BCUT2D eigenvalue weighted by atomic mass is 16.6. The standard InChI is InChI=1S/C26H43N3O4/c1-10-14-29(22(23(30)27-18(4)5)20-13-11-12-19(6)16-20)24(31)21(15-17(2)3)28-25(32)33-26(7,8)9/h11-13,16-18,21-22H,10,14-15H2,1-9H3,(H,27,30)(H,28,32). The molecule has 0 heterocycles. The van der Waals surface area contributed by atoms with Crippen LogP contribution in [0.15, 0.2) is 24.3 Å². The van der Waals surface area contributed by atoms with Gasteiger partial charge in [0, 0.05) is 12.6 Å². The Hall–Kier alpha value is -2.57. The molecule has 0 aliphatic carbocycles. The maximum Gasteiger partial charge on any atom is 0.408 e. The first-order valence-electron chi connectivity index (χ1n) is 11.9. The minimum Gasteiger partial charge on any atom is -0.444 e. The number of rotatable bonds is 10. The van der Waals surface area contributed by atoms with Crippen molar-refractivity contribution in [3.63, 3.8) is 0 Å². The van der Waals surface area contributed by atoms with Crippen LogP contribution in [0.4, 0.5) is 4.79 Å². The lowest BCUT2D eigenvalue weighted by molar-refractivity contribution is -0.143. The van der Waals surface area contributed by atoms with E-state index in [2.05, 4.69) is 10.6 Å². The van der Waals surface area contributed by atoms with Gasteiger partial charge in [0.1, 0.15) is 17.7 Å². The van der Waals surface area contributed by atoms with Crippen molar-refractivity contribution in [3.05, 3.63) is 35.4 Å². The number of amides is 3. The van der Waals surface area contributed by atoms with Crippen molar-refractivity contribution in [1.82, 2.24) is 15.5 Å². The Bertz CT molecular complexity index is 799. The number of benzene rings is 1. The molecule has 7 nitrogen and oxygen atoms in total. The van der Waals surface area contributed by atoms with E-state index in [4.69, 9.17) is 4.74 Å². The topological polar surface area (TPSA) is 87.7 Å². The van der Waals surface area contributed by atoms with Gasteiger partial charge < -0.3 is 20.3 Å². The molecule has 2 N–H and O–H groups in total. The molecule has 33 heavy (non-hydrogen) atoms. The van der Waals surface area contributed by atoms with Crippen LogP contribution >= 0.6 is 0 Å². The van der Waals surface area contributed by atoms with E-state index in [1.807, 2.05) is 65.8 Å². The van der Waals surface area contributed by atoms with Crippen LogP contribution in [-0.4, -0.2) is 47.0 Å². The van der Waals surface area contributed by atoms with Crippen LogP contribution in [0.1, 0.15) is 85.4 Å². The summed E-state index contributed by atoms with van der Waals surface area (Å²) in [5, 5.41) is 5.72. The van der Waals surface area contributed by atoms with Crippen molar-refractivity contribution in [2.24, 2.45) is 5.92 Å². The number of hydrogen-bond donors (Lipinski definition) is 2. The van der Waals surface area contributed by atoms with E-state index < -0.39 is 23.8 Å². The van der Waals surface area contributed by atoms with Crippen molar-refractivity contribution in [3.8, 4) is 0 Å². The molecule has 3 amide bonds. The average Bonchev–Trinajstić information content (AvgIpc) is 2.64. The van der Waals surface area contributed by atoms with Crippen molar-refractivity contribution in [1.29, 1.82) is 0 Å². The molecule has 0 saturated heterocycles. The Kier molecular flexibility index (Phi) is 10.9. The van der Waals surface area contributed by atoms with Gasteiger partial charge in [-0.1, -0.05) is 50.6 Å². The van der Waals surface area contributed by atoms with Crippen LogP contribution in [0, 0.1) is 12.8 Å². The molecule has 0 bridgehead atoms. The zero-order chi connectivity index (χ0) is 25.3. The third-order valence-corrected chi connectivity index (χ3v) is 4.79. The van der Waals surface area contributed by atoms with Gasteiger partial charge in [0.2, 0.25) is 11.8 Å². The smallest absolute Gasteiger partial charge is 0.408 e. The Morgan fingerprint density at radius 2 is 1.70 bits per heavy atom. The van der Waals surface area contributed by atoms with Gasteiger partial charge in [0.15, 0.2) is 0 Å². The number of alkyl carbamates (subject to hydrolysis) is 1. The summed E-state index contributed by atoms with van der Waals surface area (Å²) in [6, 6.07) is 5.97. The van der Waals surface area contributed by atoms with Crippen LogP contribution in [-0.2, 0) is 14.3 Å². The van der Waals surface area contributed by atoms with E-state index in [0.29, 0.717) is 19.4 Å². The fourth-order valence-corrected chi connectivity index (χ4v) is 3.63. The number of ether oxygens (including phenoxy) is 1. The number of carbonyl (C=O) groups excluding carboxylic acids is 3. The molecule has 2 atom stereocenters. The van der Waals surface area contributed by atoms with Gasteiger partial charge >= 0.3 is 6.09 Å². The molecule has 7 heteroatoms. The fraction of sp³-hybridized carbons (Fsp3) is 0.654.